The summed E-state index contributed by atoms with van der Waals surface area (Å²) in [7, 11) is 0. The molecule has 1 aromatic heterocycles. The molecule has 0 spiro atoms. The van der Waals surface area contributed by atoms with E-state index < -0.39 is 0 Å². The predicted molar refractivity (Wildman–Crippen MR) is 69.4 cm³/mol. The average Bonchev–Trinajstić information content (AvgIpc) is 2.78. The third kappa shape index (κ3) is 1.49. The monoisotopic (exact) mass is 218 g/mol. The summed E-state index contributed by atoms with van der Waals surface area (Å²) in [6, 6.07) is 20.6. The van der Waals surface area contributed by atoms with E-state index in [0.29, 0.717) is 0 Å². The standard InChI is InChI=1S/C15H10N2/c1-2-17-14-11-7-6-10-13(14)15(16-17)12-8-4-3-5-9-12/h1,3-11H. The summed E-state index contributed by atoms with van der Waals surface area (Å²) in [5.74, 6) is 0. The number of hydrogen-bond acceptors (Lipinski definition) is 1. The highest BCUT2D eigenvalue weighted by atomic mass is 15.3. The fourth-order valence-corrected chi connectivity index (χ4v) is 1.97. The molecule has 0 N–H and O–H groups in total. The number of nitrogens with zero attached hydrogens (tertiary/aromatic N) is 2. The summed E-state index contributed by atoms with van der Waals surface area (Å²) in [4.78, 5) is 0. The molecule has 3 rings (SSSR count). The fraction of sp³-hybridized carbons (Fsp3) is 0. The molecule has 0 radical (unpaired) electrons. The zero-order valence-corrected chi connectivity index (χ0v) is 9.17. The second-order valence-electron chi connectivity index (χ2n) is 3.77. The number of para-hydroxylation sites is 1. The minimum atomic E-state index is 0.930. The SMILES string of the molecule is C#Cn1nc(-c2ccccc2)c2ccccc21. The lowest BCUT2D eigenvalue weighted by Crippen LogP contribution is -1.89. The van der Waals surface area contributed by atoms with Crippen LogP contribution >= 0.6 is 0 Å². The van der Waals surface area contributed by atoms with Crippen molar-refractivity contribution in [1.29, 1.82) is 0 Å². The molecule has 0 aliphatic rings. The molecular weight excluding hydrogens is 208 g/mol. The van der Waals surface area contributed by atoms with E-state index >= 15 is 0 Å². The molecule has 2 nitrogen and oxygen atoms in total. The van der Waals surface area contributed by atoms with Crippen molar-refractivity contribution in [2.75, 3.05) is 0 Å². The molecule has 2 heteroatoms. The van der Waals surface area contributed by atoms with E-state index in [4.69, 9.17) is 6.42 Å². The fourth-order valence-electron chi connectivity index (χ4n) is 1.97. The second kappa shape index (κ2) is 3.80. The van der Waals surface area contributed by atoms with Gasteiger partial charge in [0.2, 0.25) is 0 Å². The van der Waals surface area contributed by atoms with Gasteiger partial charge in [0.25, 0.3) is 0 Å². The highest BCUT2D eigenvalue weighted by Gasteiger charge is 2.09. The smallest absolute Gasteiger partial charge is 0.101 e. The Morgan fingerprint density at radius 1 is 0.941 bits per heavy atom. The Labute approximate surface area is 99.5 Å². The molecule has 0 amide bonds. The molecule has 0 bridgehead atoms. The largest absolute Gasteiger partial charge is 0.189 e. The van der Waals surface area contributed by atoms with E-state index in [1.54, 1.807) is 4.68 Å². The summed E-state index contributed by atoms with van der Waals surface area (Å²) in [5, 5.41) is 5.54. The average molecular weight is 218 g/mol. The van der Waals surface area contributed by atoms with Crippen molar-refractivity contribution in [1.82, 2.24) is 9.78 Å². The van der Waals surface area contributed by atoms with Gasteiger partial charge in [-0.2, -0.15) is 9.78 Å². The first kappa shape index (κ1) is 9.68. The van der Waals surface area contributed by atoms with Gasteiger partial charge in [-0.25, -0.2) is 0 Å². The Balaban J connectivity index is 2.35. The van der Waals surface area contributed by atoms with Gasteiger partial charge in [0.15, 0.2) is 0 Å². The van der Waals surface area contributed by atoms with Crippen molar-refractivity contribution >= 4 is 10.9 Å². The summed E-state index contributed by atoms with van der Waals surface area (Å²) in [6.45, 7) is 0. The van der Waals surface area contributed by atoms with Crippen LogP contribution in [-0.2, 0) is 0 Å². The molecule has 0 saturated carbocycles. The van der Waals surface area contributed by atoms with Gasteiger partial charge in [-0.15, -0.1) is 0 Å². The molecule has 0 saturated heterocycles. The summed E-state index contributed by atoms with van der Waals surface area (Å²) in [6.07, 6.45) is 5.46. The topological polar surface area (TPSA) is 17.8 Å². The molecule has 1 heterocycles. The zero-order valence-electron chi connectivity index (χ0n) is 9.17. The van der Waals surface area contributed by atoms with Gasteiger partial charge in [0.05, 0.1) is 5.52 Å². The Hall–Kier alpha value is -2.53. The van der Waals surface area contributed by atoms with Crippen LogP contribution in [-0.4, -0.2) is 9.78 Å². The third-order valence-corrected chi connectivity index (χ3v) is 2.76. The molecule has 17 heavy (non-hydrogen) atoms. The minimum Gasteiger partial charge on any atom is -0.189 e. The van der Waals surface area contributed by atoms with Crippen LogP contribution in [0.25, 0.3) is 22.2 Å². The Morgan fingerprint density at radius 2 is 1.65 bits per heavy atom. The quantitative estimate of drug-likeness (QED) is 0.574. The van der Waals surface area contributed by atoms with Crippen molar-refractivity contribution in [3.63, 3.8) is 0 Å². The molecule has 0 unspecified atom stereocenters. The number of terminal acetylenes is 1. The number of rotatable bonds is 1. The van der Waals surface area contributed by atoms with Crippen LogP contribution in [0.2, 0.25) is 0 Å². The zero-order chi connectivity index (χ0) is 11.7. The predicted octanol–water partition coefficient (Wildman–Crippen LogP) is 3.14. The second-order valence-corrected chi connectivity index (χ2v) is 3.77. The van der Waals surface area contributed by atoms with Gasteiger partial charge in [-0.3, -0.25) is 0 Å². The molecule has 0 aliphatic heterocycles. The van der Waals surface area contributed by atoms with Gasteiger partial charge >= 0.3 is 0 Å². The maximum atomic E-state index is 5.46. The highest BCUT2D eigenvalue weighted by molar-refractivity contribution is 5.93. The van der Waals surface area contributed by atoms with Gasteiger partial charge in [0, 0.05) is 17.0 Å². The van der Waals surface area contributed by atoms with Crippen LogP contribution in [0.4, 0.5) is 0 Å². The Bertz CT molecular complexity index is 703. The molecule has 0 atom stereocenters. The first-order valence-corrected chi connectivity index (χ1v) is 5.40. The number of aromatic nitrogens is 2. The lowest BCUT2D eigenvalue weighted by Gasteiger charge is -1.95. The Kier molecular flexibility index (Phi) is 2.16. The lowest BCUT2D eigenvalue weighted by molar-refractivity contribution is 0.954. The van der Waals surface area contributed by atoms with E-state index in [-0.39, 0.29) is 0 Å². The van der Waals surface area contributed by atoms with Crippen LogP contribution in [0.5, 0.6) is 0 Å². The molecule has 2 aromatic carbocycles. The first-order chi connectivity index (χ1) is 8.40. The van der Waals surface area contributed by atoms with E-state index in [1.165, 1.54) is 0 Å². The minimum absolute atomic E-state index is 0.930. The highest BCUT2D eigenvalue weighted by Crippen LogP contribution is 2.26. The van der Waals surface area contributed by atoms with Crippen LogP contribution in [0, 0.1) is 12.5 Å². The molecule has 3 aromatic rings. The maximum Gasteiger partial charge on any atom is 0.101 e. The van der Waals surface area contributed by atoms with Crippen molar-refractivity contribution in [2.45, 2.75) is 0 Å². The van der Waals surface area contributed by atoms with Crippen LogP contribution < -0.4 is 0 Å². The molecule has 80 valence electrons. The van der Waals surface area contributed by atoms with Crippen molar-refractivity contribution in [3.05, 3.63) is 54.6 Å². The van der Waals surface area contributed by atoms with Crippen LogP contribution in [0.15, 0.2) is 54.6 Å². The molecular formula is C15H10N2. The summed E-state index contributed by atoms with van der Waals surface area (Å²) < 4.78 is 1.58. The summed E-state index contributed by atoms with van der Waals surface area (Å²) in [5.41, 5.74) is 2.98. The van der Waals surface area contributed by atoms with E-state index in [9.17, 15) is 0 Å². The van der Waals surface area contributed by atoms with Gasteiger partial charge in [-0.1, -0.05) is 55.0 Å². The van der Waals surface area contributed by atoms with E-state index in [0.717, 1.165) is 22.2 Å². The van der Waals surface area contributed by atoms with Crippen LogP contribution in [0.3, 0.4) is 0 Å². The number of fused-ring (bicyclic) bond motifs is 1. The number of hydrogen-bond donors (Lipinski definition) is 0. The van der Waals surface area contributed by atoms with Gasteiger partial charge in [0.1, 0.15) is 5.69 Å². The third-order valence-electron chi connectivity index (χ3n) is 2.76. The van der Waals surface area contributed by atoms with Gasteiger partial charge in [-0.05, 0) is 6.07 Å². The van der Waals surface area contributed by atoms with E-state index in [2.05, 4.69) is 11.1 Å². The van der Waals surface area contributed by atoms with Crippen LogP contribution in [0.1, 0.15) is 0 Å². The van der Waals surface area contributed by atoms with Crippen molar-refractivity contribution < 1.29 is 0 Å². The normalized spacial score (nSPS) is 10.3. The number of benzene rings is 2. The first-order valence-electron chi connectivity index (χ1n) is 5.40. The molecule has 0 fully saturated rings. The molecule has 0 aliphatic carbocycles. The summed E-state index contributed by atoms with van der Waals surface area (Å²) >= 11 is 0. The Morgan fingerprint density at radius 3 is 2.41 bits per heavy atom. The van der Waals surface area contributed by atoms with Crippen molar-refractivity contribution in [3.8, 4) is 23.7 Å². The van der Waals surface area contributed by atoms with Gasteiger partial charge < -0.3 is 0 Å². The lowest BCUT2D eigenvalue weighted by atomic mass is 10.1. The maximum absolute atomic E-state index is 5.46. The van der Waals surface area contributed by atoms with Crippen molar-refractivity contribution in [2.24, 2.45) is 0 Å². The van der Waals surface area contributed by atoms with E-state index in [1.807, 2.05) is 54.6 Å².